The van der Waals surface area contributed by atoms with Crippen LogP contribution in [0.15, 0.2) is 71.3 Å². The highest BCUT2D eigenvalue weighted by atomic mass is 35.5. The molecular weight excluding hydrogens is 482 g/mol. The number of sulfonamides is 1. The van der Waals surface area contributed by atoms with Crippen molar-refractivity contribution < 1.29 is 8.42 Å². The first-order valence-corrected chi connectivity index (χ1v) is 12.9. The number of aromatic nitrogens is 3. The van der Waals surface area contributed by atoms with Crippen molar-refractivity contribution in [2.75, 3.05) is 6.26 Å². The third kappa shape index (κ3) is 4.09. The number of nitriles is 1. The lowest BCUT2D eigenvalue weighted by atomic mass is 10.0. The van der Waals surface area contributed by atoms with E-state index in [0.717, 1.165) is 39.4 Å². The minimum Gasteiger partial charge on any atom is -0.311 e. The van der Waals surface area contributed by atoms with Gasteiger partial charge in [0, 0.05) is 17.5 Å². The summed E-state index contributed by atoms with van der Waals surface area (Å²) in [4.78, 5) is 4.62. The van der Waals surface area contributed by atoms with Gasteiger partial charge in [-0.1, -0.05) is 35.9 Å². The summed E-state index contributed by atoms with van der Waals surface area (Å²) in [7, 11) is -1.98. The molecule has 174 valence electrons. The number of fused-ring (bicyclic) bond motifs is 3. The number of aryl methyl sites for hydroxylation is 2. The predicted octanol–water partition coefficient (Wildman–Crippen LogP) is 4.88. The van der Waals surface area contributed by atoms with E-state index in [0.29, 0.717) is 21.8 Å². The quantitative estimate of drug-likeness (QED) is 0.352. The lowest BCUT2D eigenvalue weighted by Gasteiger charge is -2.11. The summed E-state index contributed by atoms with van der Waals surface area (Å²) in [6, 6.07) is 21.0. The van der Waals surface area contributed by atoms with Crippen molar-refractivity contribution in [3.05, 3.63) is 88.6 Å². The van der Waals surface area contributed by atoms with Crippen molar-refractivity contribution >= 4 is 43.6 Å². The van der Waals surface area contributed by atoms with Gasteiger partial charge in [0.2, 0.25) is 5.62 Å². The van der Waals surface area contributed by atoms with Crippen molar-refractivity contribution in [2.24, 2.45) is 11.4 Å². The lowest BCUT2D eigenvalue weighted by molar-refractivity contribution is 0.600. The first-order valence-electron chi connectivity index (χ1n) is 10.7. The van der Waals surface area contributed by atoms with Gasteiger partial charge in [-0.3, -0.25) is 9.55 Å². The highest BCUT2D eigenvalue weighted by molar-refractivity contribution is 7.89. The Morgan fingerprint density at radius 1 is 1.03 bits per heavy atom. The Kier molecular flexibility index (Phi) is 5.47. The Labute approximate surface area is 207 Å². The van der Waals surface area contributed by atoms with Gasteiger partial charge >= 0.3 is 0 Å². The maximum absolute atomic E-state index is 12.3. The second kappa shape index (κ2) is 8.38. The van der Waals surface area contributed by atoms with Crippen molar-refractivity contribution in [2.45, 2.75) is 6.92 Å². The molecular formula is C26H20ClN5O2S. The first kappa shape index (κ1) is 22.8. The molecule has 0 N–H and O–H groups in total. The number of pyridine rings is 1. The molecule has 0 spiro atoms. The normalized spacial score (nSPS) is 12.4. The molecule has 0 bridgehead atoms. The molecule has 0 aliphatic rings. The Morgan fingerprint density at radius 2 is 1.74 bits per heavy atom. The summed E-state index contributed by atoms with van der Waals surface area (Å²) in [5.41, 5.74) is 6.35. The van der Waals surface area contributed by atoms with Crippen LogP contribution in [0.1, 0.15) is 11.1 Å². The standard InChI is InChI=1S/C26H20ClN5O2S/c1-16-4-5-17(14-28)12-23(16)32-25-21-13-19(18-6-9-20(27)10-7-18)8-11-22(21)29-15-24(25)31(2)26(32)30-35(3,33)34/h4-13,15H,1-3H3. The Balaban J connectivity index is 1.98. The van der Waals surface area contributed by atoms with Crippen LogP contribution in [0.3, 0.4) is 0 Å². The van der Waals surface area contributed by atoms with E-state index in [4.69, 9.17) is 11.6 Å². The Morgan fingerprint density at radius 3 is 2.43 bits per heavy atom. The number of hydrogen-bond acceptors (Lipinski definition) is 4. The van der Waals surface area contributed by atoms with Gasteiger partial charge in [-0.15, -0.1) is 4.40 Å². The Bertz CT molecular complexity index is 1860. The fraction of sp³-hybridized carbons (Fsp3) is 0.115. The molecule has 5 aromatic rings. The average molecular weight is 502 g/mol. The third-order valence-corrected chi connectivity index (χ3v) is 6.66. The zero-order valence-electron chi connectivity index (χ0n) is 19.2. The number of hydrogen-bond donors (Lipinski definition) is 0. The van der Waals surface area contributed by atoms with Crippen molar-refractivity contribution in [1.29, 1.82) is 5.26 Å². The molecule has 0 radical (unpaired) electrons. The van der Waals surface area contributed by atoms with Crippen LogP contribution in [-0.2, 0) is 17.1 Å². The van der Waals surface area contributed by atoms with Crippen LogP contribution in [0.4, 0.5) is 0 Å². The second-order valence-electron chi connectivity index (χ2n) is 8.36. The van der Waals surface area contributed by atoms with Gasteiger partial charge in [-0.05, 0) is 60.0 Å². The van der Waals surface area contributed by atoms with Crippen LogP contribution in [0.5, 0.6) is 0 Å². The fourth-order valence-corrected chi connectivity index (χ4v) is 4.85. The zero-order valence-corrected chi connectivity index (χ0v) is 20.8. The SMILES string of the molecule is Cc1ccc(C#N)cc1-n1c(=NS(C)(=O)=O)n(C)c2cnc3ccc(-c4ccc(Cl)cc4)cc3c21. The molecule has 5 rings (SSSR count). The summed E-state index contributed by atoms with van der Waals surface area (Å²) < 4.78 is 32.1. The van der Waals surface area contributed by atoms with E-state index in [1.165, 1.54) is 0 Å². The molecule has 0 aliphatic carbocycles. The molecule has 35 heavy (non-hydrogen) atoms. The summed E-state index contributed by atoms with van der Waals surface area (Å²) in [5, 5.41) is 11.0. The molecule has 0 amide bonds. The maximum atomic E-state index is 12.3. The van der Waals surface area contributed by atoms with Crippen LogP contribution >= 0.6 is 11.6 Å². The van der Waals surface area contributed by atoms with Crippen LogP contribution in [0.25, 0.3) is 38.8 Å². The fourth-order valence-electron chi connectivity index (χ4n) is 4.23. The van der Waals surface area contributed by atoms with Gasteiger partial charge in [0.1, 0.15) is 0 Å². The average Bonchev–Trinajstić information content (AvgIpc) is 3.10. The summed E-state index contributed by atoms with van der Waals surface area (Å²) in [6.45, 7) is 1.91. The molecule has 2 heterocycles. The van der Waals surface area contributed by atoms with Gasteiger partial charge in [0.05, 0.1) is 46.3 Å². The zero-order chi connectivity index (χ0) is 24.9. The van der Waals surface area contributed by atoms with Gasteiger partial charge in [-0.25, -0.2) is 8.42 Å². The van der Waals surface area contributed by atoms with Crippen molar-refractivity contribution in [1.82, 2.24) is 14.1 Å². The maximum Gasteiger partial charge on any atom is 0.253 e. The molecule has 0 atom stereocenters. The Hall–Kier alpha value is -3.93. The second-order valence-corrected chi connectivity index (χ2v) is 10.4. The number of nitrogens with zero attached hydrogens (tertiary/aromatic N) is 5. The van der Waals surface area contributed by atoms with E-state index in [9.17, 15) is 13.7 Å². The highest BCUT2D eigenvalue weighted by Gasteiger charge is 2.18. The topological polar surface area (TPSA) is 93.0 Å². The van der Waals surface area contributed by atoms with Crippen LogP contribution in [0.2, 0.25) is 5.02 Å². The monoisotopic (exact) mass is 501 g/mol. The third-order valence-electron chi connectivity index (χ3n) is 5.91. The van der Waals surface area contributed by atoms with E-state index in [2.05, 4.69) is 15.5 Å². The van der Waals surface area contributed by atoms with Crippen LogP contribution in [0, 0.1) is 18.3 Å². The summed E-state index contributed by atoms with van der Waals surface area (Å²) >= 11 is 6.07. The molecule has 3 aromatic carbocycles. The molecule has 2 aromatic heterocycles. The molecule has 0 aliphatic heterocycles. The van der Waals surface area contributed by atoms with Gasteiger partial charge in [0.25, 0.3) is 10.0 Å². The first-order chi connectivity index (χ1) is 16.7. The van der Waals surface area contributed by atoms with E-state index in [-0.39, 0.29) is 5.62 Å². The molecule has 7 nitrogen and oxygen atoms in total. The predicted molar refractivity (Wildman–Crippen MR) is 138 cm³/mol. The molecule has 0 saturated carbocycles. The van der Waals surface area contributed by atoms with Gasteiger partial charge in [-0.2, -0.15) is 5.26 Å². The van der Waals surface area contributed by atoms with Crippen molar-refractivity contribution in [3.8, 4) is 22.9 Å². The van der Waals surface area contributed by atoms with E-state index >= 15 is 0 Å². The number of benzene rings is 3. The number of rotatable bonds is 3. The molecule has 9 heteroatoms. The minimum absolute atomic E-state index is 0.215. The van der Waals surface area contributed by atoms with Gasteiger partial charge in [0.15, 0.2) is 0 Å². The highest BCUT2D eigenvalue weighted by Crippen LogP contribution is 2.31. The van der Waals surface area contributed by atoms with Gasteiger partial charge < -0.3 is 4.57 Å². The lowest BCUT2D eigenvalue weighted by Crippen LogP contribution is -2.25. The van der Waals surface area contributed by atoms with Crippen LogP contribution in [-0.4, -0.2) is 28.8 Å². The smallest absolute Gasteiger partial charge is 0.253 e. The van der Waals surface area contributed by atoms with Crippen LogP contribution < -0.4 is 5.62 Å². The van der Waals surface area contributed by atoms with E-state index in [1.807, 2.05) is 55.5 Å². The minimum atomic E-state index is -3.73. The molecule has 0 saturated heterocycles. The van der Waals surface area contributed by atoms with E-state index in [1.54, 1.807) is 34.5 Å². The summed E-state index contributed by atoms with van der Waals surface area (Å²) in [6.07, 6.45) is 2.77. The number of imidazole rings is 1. The molecule has 0 unspecified atom stereocenters. The summed E-state index contributed by atoms with van der Waals surface area (Å²) in [5.74, 6) is 0. The largest absolute Gasteiger partial charge is 0.311 e. The molecule has 0 fully saturated rings. The van der Waals surface area contributed by atoms with E-state index < -0.39 is 10.0 Å². The number of halogens is 1. The van der Waals surface area contributed by atoms with Crippen molar-refractivity contribution in [3.63, 3.8) is 0 Å².